The van der Waals surface area contributed by atoms with Crippen LogP contribution in [0.4, 0.5) is 0 Å². The minimum atomic E-state index is -0.572. The number of benzene rings is 2. The number of rotatable bonds is 8. The molecule has 1 atom stereocenters. The van der Waals surface area contributed by atoms with Gasteiger partial charge in [0, 0.05) is 23.9 Å². The summed E-state index contributed by atoms with van der Waals surface area (Å²) in [6.45, 7) is 6.03. The number of hydrogen-bond donors (Lipinski definition) is 1. The predicted molar refractivity (Wildman–Crippen MR) is 121 cm³/mol. The maximum Gasteiger partial charge on any atom is 0.331 e. The van der Waals surface area contributed by atoms with Gasteiger partial charge in [-0.3, -0.25) is 4.79 Å². The molecule has 1 N–H and O–H groups in total. The van der Waals surface area contributed by atoms with Crippen molar-refractivity contribution in [1.29, 1.82) is 0 Å². The Hall–Kier alpha value is -3.67. The van der Waals surface area contributed by atoms with E-state index in [0.717, 1.165) is 28.2 Å². The second-order valence-corrected chi connectivity index (χ2v) is 7.39. The van der Waals surface area contributed by atoms with Crippen LogP contribution < -0.4 is 5.32 Å². The quantitative estimate of drug-likeness (QED) is 0.445. The third-order valence-electron chi connectivity index (χ3n) is 5.05. The van der Waals surface area contributed by atoms with Gasteiger partial charge in [0.25, 0.3) is 5.91 Å². The van der Waals surface area contributed by atoms with E-state index in [2.05, 4.69) is 10.4 Å². The zero-order chi connectivity index (χ0) is 22.2. The molecule has 0 aliphatic heterocycles. The van der Waals surface area contributed by atoms with Crippen molar-refractivity contribution in [3.8, 4) is 5.69 Å². The van der Waals surface area contributed by atoms with Gasteiger partial charge in [-0.25, -0.2) is 9.48 Å². The van der Waals surface area contributed by atoms with Crippen LogP contribution in [0.2, 0.25) is 0 Å². The highest BCUT2D eigenvalue weighted by atomic mass is 16.5. The first-order valence-electron chi connectivity index (χ1n) is 10.2. The summed E-state index contributed by atoms with van der Waals surface area (Å²) in [6, 6.07) is 19.7. The first-order chi connectivity index (χ1) is 15.0. The monoisotopic (exact) mass is 417 g/mol. The summed E-state index contributed by atoms with van der Waals surface area (Å²) in [6.07, 6.45) is 3.00. The molecule has 1 amide bonds. The number of esters is 1. The molecule has 0 radical (unpaired) electrons. The number of aryl methyl sites for hydroxylation is 1. The van der Waals surface area contributed by atoms with Gasteiger partial charge in [0.1, 0.15) is 0 Å². The summed E-state index contributed by atoms with van der Waals surface area (Å²) in [5.41, 5.74) is 4.66. The molecular weight excluding hydrogens is 390 g/mol. The minimum Gasteiger partial charge on any atom is -0.452 e. The summed E-state index contributed by atoms with van der Waals surface area (Å²) in [5, 5.41) is 7.34. The Bertz CT molecular complexity index is 1060. The molecule has 31 heavy (non-hydrogen) atoms. The lowest BCUT2D eigenvalue weighted by Crippen LogP contribution is -2.31. The van der Waals surface area contributed by atoms with Gasteiger partial charge in [0.05, 0.1) is 11.4 Å². The van der Waals surface area contributed by atoms with Crippen molar-refractivity contribution in [1.82, 2.24) is 15.1 Å². The minimum absolute atomic E-state index is 0.174. The highest BCUT2D eigenvalue weighted by molar-refractivity contribution is 5.89. The van der Waals surface area contributed by atoms with E-state index in [4.69, 9.17) is 4.74 Å². The number of ether oxygens (including phenoxy) is 1. The highest BCUT2D eigenvalue weighted by Gasteiger charge is 2.12. The fourth-order valence-electron chi connectivity index (χ4n) is 3.27. The van der Waals surface area contributed by atoms with Gasteiger partial charge in [-0.05, 0) is 43.5 Å². The van der Waals surface area contributed by atoms with Crippen molar-refractivity contribution in [3.05, 3.63) is 89.3 Å². The molecule has 0 spiro atoms. The number of hydrogen-bond acceptors (Lipinski definition) is 4. The Kier molecular flexibility index (Phi) is 7.38. The van der Waals surface area contributed by atoms with E-state index in [1.54, 1.807) is 6.08 Å². The van der Waals surface area contributed by atoms with Crippen LogP contribution in [0.1, 0.15) is 35.4 Å². The molecule has 0 aliphatic rings. The van der Waals surface area contributed by atoms with Crippen molar-refractivity contribution in [2.45, 2.75) is 26.7 Å². The first-order valence-corrected chi connectivity index (χ1v) is 10.2. The summed E-state index contributed by atoms with van der Waals surface area (Å²) in [5.74, 6) is -0.723. The summed E-state index contributed by atoms with van der Waals surface area (Å²) in [7, 11) is 0. The van der Waals surface area contributed by atoms with Gasteiger partial charge >= 0.3 is 5.97 Å². The molecule has 6 heteroatoms. The molecule has 0 unspecified atom stereocenters. The van der Waals surface area contributed by atoms with Crippen molar-refractivity contribution in [2.24, 2.45) is 0 Å². The fourth-order valence-corrected chi connectivity index (χ4v) is 3.27. The fraction of sp³-hybridized carbons (Fsp3) is 0.240. The summed E-state index contributed by atoms with van der Waals surface area (Å²) >= 11 is 0. The molecule has 1 heterocycles. The Morgan fingerprint density at radius 1 is 1.06 bits per heavy atom. The molecular formula is C25H27N3O3. The molecule has 0 saturated heterocycles. The topological polar surface area (TPSA) is 73.2 Å². The molecule has 6 nitrogen and oxygen atoms in total. The SMILES string of the molecule is Cc1nn(-c2ccccc2)c(C)c1/C=C/C(=O)OCC(=O)NC[C@@H](C)c1ccccc1. The number of amides is 1. The normalized spacial score (nSPS) is 12.0. The maximum absolute atomic E-state index is 12.1. The zero-order valence-corrected chi connectivity index (χ0v) is 18.0. The maximum atomic E-state index is 12.1. The number of nitrogens with zero attached hydrogens (tertiary/aromatic N) is 2. The first kappa shape index (κ1) is 22.0. The van der Waals surface area contributed by atoms with Crippen molar-refractivity contribution in [3.63, 3.8) is 0 Å². The van der Waals surface area contributed by atoms with Gasteiger partial charge in [-0.15, -0.1) is 0 Å². The number of nitrogens with one attached hydrogen (secondary N) is 1. The molecule has 0 fully saturated rings. The van der Waals surface area contributed by atoms with Crippen LogP contribution in [-0.4, -0.2) is 34.8 Å². The van der Waals surface area contributed by atoms with Crippen LogP contribution in [0.3, 0.4) is 0 Å². The molecule has 160 valence electrons. The van der Waals surface area contributed by atoms with Crippen LogP contribution in [0.15, 0.2) is 66.7 Å². The van der Waals surface area contributed by atoms with Crippen molar-refractivity contribution < 1.29 is 14.3 Å². The predicted octanol–water partition coefficient (Wildman–Crippen LogP) is 3.97. The van der Waals surface area contributed by atoms with E-state index in [1.165, 1.54) is 6.08 Å². The Labute approximate surface area is 182 Å². The van der Waals surface area contributed by atoms with E-state index >= 15 is 0 Å². The van der Waals surface area contributed by atoms with Crippen LogP contribution in [-0.2, 0) is 14.3 Å². The van der Waals surface area contributed by atoms with Gasteiger partial charge < -0.3 is 10.1 Å². The molecule has 3 rings (SSSR count). The van der Waals surface area contributed by atoms with Crippen molar-refractivity contribution >= 4 is 18.0 Å². The second kappa shape index (κ2) is 10.4. The summed E-state index contributed by atoms with van der Waals surface area (Å²) < 4.78 is 6.90. The van der Waals surface area contributed by atoms with Crippen LogP contribution in [0, 0.1) is 13.8 Å². The highest BCUT2D eigenvalue weighted by Crippen LogP contribution is 2.19. The lowest BCUT2D eigenvalue weighted by atomic mass is 10.0. The zero-order valence-electron chi connectivity index (χ0n) is 18.0. The second-order valence-electron chi connectivity index (χ2n) is 7.39. The van der Waals surface area contributed by atoms with E-state index < -0.39 is 5.97 Å². The van der Waals surface area contributed by atoms with E-state index in [9.17, 15) is 9.59 Å². The van der Waals surface area contributed by atoms with Crippen LogP contribution >= 0.6 is 0 Å². The smallest absolute Gasteiger partial charge is 0.331 e. The Balaban J connectivity index is 1.51. The largest absolute Gasteiger partial charge is 0.452 e. The van der Waals surface area contributed by atoms with Gasteiger partial charge in [0.2, 0.25) is 0 Å². The average molecular weight is 418 g/mol. The van der Waals surface area contributed by atoms with Gasteiger partial charge in [-0.1, -0.05) is 55.5 Å². The lowest BCUT2D eigenvalue weighted by Gasteiger charge is -2.12. The number of aromatic nitrogens is 2. The standard InChI is InChI=1S/C25H27N3O3/c1-18(21-10-6-4-7-11-21)16-26-24(29)17-31-25(30)15-14-23-19(2)27-28(20(23)3)22-12-8-5-9-13-22/h4-15,18H,16-17H2,1-3H3,(H,26,29)/b15-14+/t18-/m1/s1. The van der Waals surface area contributed by atoms with E-state index in [0.29, 0.717) is 6.54 Å². The Morgan fingerprint density at radius 3 is 2.39 bits per heavy atom. The van der Waals surface area contributed by atoms with E-state index in [1.807, 2.05) is 86.1 Å². The number of para-hydroxylation sites is 1. The van der Waals surface area contributed by atoms with Gasteiger partial charge in [-0.2, -0.15) is 5.10 Å². The lowest BCUT2D eigenvalue weighted by molar-refractivity contribution is -0.143. The van der Waals surface area contributed by atoms with E-state index in [-0.39, 0.29) is 18.4 Å². The molecule has 3 aromatic rings. The number of carbonyl (C=O) groups excluding carboxylic acids is 2. The third-order valence-corrected chi connectivity index (χ3v) is 5.05. The average Bonchev–Trinajstić information content (AvgIpc) is 3.09. The van der Waals surface area contributed by atoms with Crippen molar-refractivity contribution in [2.75, 3.05) is 13.2 Å². The third kappa shape index (κ3) is 5.92. The molecule has 0 saturated carbocycles. The number of carbonyl (C=O) groups is 2. The molecule has 1 aromatic heterocycles. The van der Waals surface area contributed by atoms with Crippen LogP contribution in [0.5, 0.6) is 0 Å². The van der Waals surface area contributed by atoms with Crippen LogP contribution in [0.25, 0.3) is 11.8 Å². The molecule has 0 bridgehead atoms. The van der Waals surface area contributed by atoms with Gasteiger partial charge in [0.15, 0.2) is 6.61 Å². The Morgan fingerprint density at radius 2 is 1.71 bits per heavy atom. The summed E-state index contributed by atoms with van der Waals surface area (Å²) in [4.78, 5) is 24.1. The molecule has 2 aromatic carbocycles. The molecule has 0 aliphatic carbocycles.